The summed E-state index contributed by atoms with van der Waals surface area (Å²) >= 11 is 0. The average Bonchev–Trinajstić information content (AvgIpc) is 2.92. The Bertz CT molecular complexity index is 1170. The van der Waals surface area contributed by atoms with Crippen molar-refractivity contribution >= 4 is 30.8 Å². The molecule has 0 atom stereocenters. The van der Waals surface area contributed by atoms with Crippen molar-refractivity contribution in [2.24, 2.45) is 7.05 Å². The maximum atomic E-state index is 12.5. The van der Waals surface area contributed by atoms with Crippen LogP contribution in [-0.2, 0) is 22.5 Å². The summed E-state index contributed by atoms with van der Waals surface area (Å²) in [5.41, 5.74) is 1.49. The van der Waals surface area contributed by atoms with Crippen molar-refractivity contribution in [2.75, 3.05) is 6.61 Å². The van der Waals surface area contributed by atoms with Gasteiger partial charge in [0.1, 0.15) is 17.1 Å². The Morgan fingerprint density at radius 1 is 1.26 bits per heavy atom. The summed E-state index contributed by atoms with van der Waals surface area (Å²) in [6.07, 6.45) is 1.57. The Morgan fingerprint density at radius 2 is 2.00 bits per heavy atom. The molecule has 0 aliphatic heterocycles. The van der Waals surface area contributed by atoms with Crippen LogP contribution in [0.1, 0.15) is 26.0 Å². The fourth-order valence-corrected chi connectivity index (χ4v) is 3.67. The van der Waals surface area contributed by atoms with Gasteiger partial charge < -0.3 is 9.72 Å². The molecular weight excluding hydrogens is 392 g/mol. The largest absolute Gasteiger partial charge is 0.493 e. The number of ether oxygens (including phenoxy) is 1. The van der Waals surface area contributed by atoms with Gasteiger partial charge in [0.25, 0.3) is 14.6 Å². The lowest BCUT2D eigenvalue weighted by atomic mass is 10.1. The van der Waals surface area contributed by atoms with Gasteiger partial charge in [-0.05, 0) is 31.5 Å². The van der Waals surface area contributed by atoms with Gasteiger partial charge in [0.15, 0.2) is 5.52 Å². The summed E-state index contributed by atoms with van der Waals surface area (Å²) in [4.78, 5) is 19.7. The Labute approximate surface area is 160 Å². The number of aryl methyl sites for hydroxylation is 2. The van der Waals surface area contributed by atoms with E-state index in [0.29, 0.717) is 29.9 Å². The number of hydrogen-bond acceptors (Lipinski definition) is 6. The summed E-state index contributed by atoms with van der Waals surface area (Å²) < 4.78 is 30.7. The lowest BCUT2D eigenvalue weighted by molar-refractivity contribution is 0.341. The summed E-state index contributed by atoms with van der Waals surface area (Å²) in [5, 5.41) is 4.24. The molecule has 0 amide bonds. The molecule has 0 fully saturated rings. The molecule has 0 aliphatic rings. The minimum Gasteiger partial charge on any atom is -0.493 e. The van der Waals surface area contributed by atoms with E-state index in [1.807, 2.05) is 6.92 Å². The third-order valence-electron chi connectivity index (χ3n) is 4.08. The highest BCUT2D eigenvalue weighted by molar-refractivity contribution is 8.13. The smallest absolute Gasteiger partial charge is 0.279 e. The second kappa shape index (κ2) is 7.32. The monoisotopic (exact) mass is 410 g/mol. The van der Waals surface area contributed by atoms with E-state index in [-0.39, 0.29) is 16.2 Å². The van der Waals surface area contributed by atoms with Crippen LogP contribution in [0.4, 0.5) is 0 Å². The van der Waals surface area contributed by atoms with Crippen LogP contribution >= 0.6 is 10.7 Å². The maximum Gasteiger partial charge on any atom is 0.279 e. The first-order chi connectivity index (χ1) is 12.8. The fraction of sp³-hybridized carbons (Fsp3) is 0.353. The highest BCUT2D eigenvalue weighted by Crippen LogP contribution is 2.32. The van der Waals surface area contributed by atoms with Crippen LogP contribution in [0.5, 0.6) is 5.75 Å². The van der Waals surface area contributed by atoms with Crippen LogP contribution in [0.15, 0.2) is 27.9 Å². The van der Waals surface area contributed by atoms with E-state index >= 15 is 0 Å². The number of aromatic amines is 1. The first-order valence-electron chi connectivity index (χ1n) is 8.44. The first kappa shape index (κ1) is 19.4. The number of halogens is 1. The quantitative estimate of drug-likeness (QED) is 0.626. The van der Waals surface area contributed by atoms with Gasteiger partial charge in [-0.15, -0.1) is 0 Å². The molecule has 1 N–H and O–H groups in total. The van der Waals surface area contributed by atoms with Crippen molar-refractivity contribution in [1.82, 2.24) is 19.7 Å². The number of rotatable bonds is 6. The molecule has 0 radical (unpaired) electrons. The number of benzene rings is 1. The molecular formula is C17H19ClN4O4S. The molecule has 0 saturated heterocycles. The molecule has 0 spiro atoms. The van der Waals surface area contributed by atoms with Gasteiger partial charge in [-0.25, -0.2) is 13.4 Å². The summed E-state index contributed by atoms with van der Waals surface area (Å²) in [7, 11) is 3.28. The molecule has 144 valence electrons. The van der Waals surface area contributed by atoms with E-state index in [9.17, 15) is 13.2 Å². The molecule has 0 aliphatic carbocycles. The molecule has 27 heavy (non-hydrogen) atoms. The molecule has 10 heteroatoms. The predicted octanol–water partition coefficient (Wildman–Crippen LogP) is 2.60. The van der Waals surface area contributed by atoms with Crippen molar-refractivity contribution in [3.05, 3.63) is 34.2 Å². The number of H-pyrrole nitrogens is 1. The third kappa shape index (κ3) is 3.70. The molecule has 0 saturated carbocycles. The van der Waals surface area contributed by atoms with Crippen LogP contribution in [-0.4, -0.2) is 34.8 Å². The van der Waals surface area contributed by atoms with Gasteiger partial charge >= 0.3 is 0 Å². The Balaban J connectivity index is 2.31. The van der Waals surface area contributed by atoms with Crippen molar-refractivity contribution in [3.8, 4) is 17.1 Å². The van der Waals surface area contributed by atoms with Gasteiger partial charge in [0.05, 0.1) is 22.8 Å². The normalized spacial score (nSPS) is 11.9. The van der Waals surface area contributed by atoms with E-state index in [2.05, 4.69) is 15.1 Å². The Kier molecular flexibility index (Phi) is 5.25. The summed E-state index contributed by atoms with van der Waals surface area (Å²) in [6.45, 7) is 4.19. The van der Waals surface area contributed by atoms with Crippen molar-refractivity contribution in [2.45, 2.75) is 31.6 Å². The van der Waals surface area contributed by atoms with E-state index in [1.54, 1.807) is 18.7 Å². The van der Waals surface area contributed by atoms with Crippen LogP contribution in [0.2, 0.25) is 0 Å². The molecule has 8 nitrogen and oxygen atoms in total. The zero-order chi connectivity index (χ0) is 19.8. The minimum atomic E-state index is -3.95. The second-order valence-electron chi connectivity index (χ2n) is 5.96. The highest BCUT2D eigenvalue weighted by atomic mass is 35.7. The Morgan fingerprint density at radius 3 is 2.63 bits per heavy atom. The average molecular weight is 411 g/mol. The number of nitrogens with zero attached hydrogens (tertiary/aromatic N) is 3. The lowest BCUT2D eigenvalue weighted by Crippen LogP contribution is -2.10. The van der Waals surface area contributed by atoms with Gasteiger partial charge in [0.2, 0.25) is 0 Å². The molecule has 2 heterocycles. The van der Waals surface area contributed by atoms with E-state index in [4.69, 9.17) is 15.4 Å². The fourth-order valence-electron chi connectivity index (χ4n) is 2.90. The lowest BCUT2D eigenvalue weighted by Gasteiger charge is -2.11. The topological polar surface area (TPSA) is 107 Å². The molecule has 3 rings (SSSR count). The first-order valence-corrected chi connectivity index (χ1v) is 10.7. The van der Waals surface area contributed by atoms with Gasteiger partial charge in [-0.3, -0.25) is 9.48 Å². The van der Waals surface area contributed by atoms with Gasteiger partial charge in [0, 0.05) is 17.7 Å². The number of fused-ring (bicyclic) bond motifs is 1. The van der Waals surface area contributed by atoms with Crippen LogP contribution in [0, 0.1) is 0 Å². The summed E-state index contributed by atoms with van der Waals surface area (Å²) in [5.74, 6) is 0.591. The zero-order valence-corrected chi connectivity index (χ0v) is 16.7. The number of nitrogens with one attached hydrogen (secondary N) is 1. The molecule has 2 aromatic heterocycles. The van der Waals surface area contributed by atoms with Crippen molar-refractivity contribution in [3.63, 3.8) is 0 Å². The number of hydrogen-bond donors (Lipinski definition) is 1. The van der Waals surface area contributed by atoms with Gasteiger partial charge in [-0.1, -0.05) is 13.3 Å². The minimum absolute atomic E-state index is 0.106. The number of aromatic nitrogens is 4. The van der Waals surface area contributed by atoms with E-state index in [1.165, 1.54) is 18.2 Å². The molecule has 0 bridgehead atoms. The van der Waals surface area contributed by atoms with E-state index < -0.39 is 14.6 Å². The second-order valence-corrected chi connectivity index (χ2v) is 8.53. The molecule has 3 aromatic rings. The predicted molar refractivity (Wildman–Crippen MR) is 103 cm³/mol. The van der Waals surface area contributed by atoms with Crippen molar-refractivity contribution < 1.29 is 13.2 Å². The van der Waals surface area contributed by atoms with E-state index in [0.717, 1.165) is 12.1 Å². The molecule has 1 aromatic carbocycles. The standard InChI is InChI=1S/C17H19ClN4O4S/c1-4-6-12-14-15(21-22(12)3)17(23)20-16(19-14)11-9-10(27(18,24)25)7-8-13(11)26-5-2/h7-9H,4-6H2,1-3H3,(H,19,20,23). The third-order valence-corrected chi connectivity index (χ3v) is 5.43. The zero-order valence-electron chi connectivity index (χ0n) is 15.1. The molecule has 0 unspecified atom stereocenters. The van der Waals surface area contributed by atoms with Crippen LogP contribution in [0.25, 0.3) is 22.4 Å². The SMILES string of the molecule is CCCc1c2nc(-c3cc(S(=O)(=O)Cl)ccc3OCC)[nH]c(=O)c2nn1C. The van der Waals surface area contributed by atoms with Crippen LogP contribution in [0.3, 0.4) is 0 Å². The highest BCUT2D eigenvalue weighted by Gasteiger charge is 2.19. The Hall–Kier alpha value is -2.39. The van der Waals surface area contributed by atoms with Gasteiger partial charge in [-0.2, -0.15) is 5.10 Å². The van der Waals surface area contributed by atoms with Crippen LogP contribution < -0.4 is 10.3 Å². The maximum absolute atomic E-state index is 12.5. The van der Waals surface area contributed by atoms with Crippen molar-refractivity contribution in [1.29, 1.82) is 0 Å². The summed E-state index contributed by atoms with van der Waals surface area (Å²) in [6, 6.07) is 4.18.